The molecule has 5 heterocycles. The van der Waals surface area contributed by atoms with Crippen molar-refractivity contribution in [2.24, 2.45) is 29.6 Å². The molecule has 19 atom stereocenters. The SMILES string of the molecule is CC[C@H]1OC(=O)[C@H](C)[C@@H](O[C@H]2C[C@@](C)(OC)[C@@H](OC(C)=O)[C@H](C)O2)[C@H](C)[C@@H](O[C@@H]2O[C@H](C)C[C@H](N(C)C(C)=O)[C@H]2OC(C)=O)[C@](C)(OC)C[C@@H](C)C(=O)[C@H](C)[C@H]2C(SCCOc3cc(C(=O)Cc4c(Cl)cncc4Cl)ccc3OC)C(=O)O[C@@]21C. The molecule has 4 saturated heterocycles. The molecule has 0 spiro atoms. The van der Waals surface area contributed by atoms with Gasteiger partial charge in [-0.2, -0.15) is 0 Å². The van der Waals surface area contributed by atoms with Gasteiger partial charge in [-0.05, 0) is 79.0 Å². The third-order valence-corrected chi connectivity index (χ3v) is 19.4. The molecule has 2 aromatic rings. The largest absolute Gasteiger partial charge is 0.493 e. The summed E-state index contributed by atoms with van der Waals surface area (Å²) in [7, 11) is 6.04. The van der Waals surface area contributed by atoms with Crippen LogP contribution in [0.5, 0.6) is 11.5 Å². The van der Waals surface area contributed by atoms with Crippen LogP contribution in [-0.2, 0) is 82.6 Å². The van der Waals surface area contributed by atoms with E-state index in [-0.39, 0.29) is 71.3 Å². The second-order valence-electron chi connectivity index (χ2n) is 23.6. The zero-order valence-electron chi connectivity index (χ0n) is 51.9. The van der Waals surface area contributed by atoms with Crippen LogP contribution in [-0.4, -0.2) is 175 Å². The number of ether oxygens (including phenoxy) is 12. The number of thioether (sulfide) groups is 1. The summed E-state index contributed by atoms with van der Waals surface area (Å²) in [5.74, 6) is -7.20. The highest BCUT2D eigenvalue weighted by molar-refractivity contribution is 8.00. The summed E-state index contributed by atoms with van der Waals surface area (Å²) >= 11 is 13.9. The van der Waals surface area contributed by atoms with Crippen LogP contribution in [0.4, 0.5) is 0 Å². The number of halogens is 2. The van der Waals surface area contributed by atoms with Gasteiger partial charge < -0.3 is 61.7 Å². The van der Waals surface area contributed by atoms with Crippen molar-refractivity contribution in [1.82, 2.24) is 9.88 Å². The maximum Gasteiger partial charge on any atom is 0.320 e. The lowest BCUT2D eigenvalue weighted by molar-refractivity contribution is -0.320. The number of pyridine rings is 1. The van der Waals surface area contributed by atoms with Crippen LogP contribution in [0.25, 0.3) is 0 Å². The Hall–Kier alpha value is -4.65. The second-order valence-corrected chi connectivity index (χ2v) is 25.7. The molecule has 0 N–H and O–H groups in total. The average molecular weight is 1250 g/mol. The van der Waals surface area contributed by atoms with Crippen molar-refractivity contribution in [1.29, 1.82) is 0 Å². The summed E-state index contributed by atoms with van der Waals surface area (Å²) in [5, 5.41) is -0.465. The van der Waals surface area contributed by atoms with Crippen molar-refractivity contribution in [2.45, 2.75) is 206 Å². The minimum absolute atomic E-state index is 0.000409. The quantitative estimate of drug-likeness (QED) is 0.0552. The Kier molecular flexibility index (Phi) is 23.8. The van der Waals surface area contributed by atoms with Crippen molar-refractivity contribution >= 4 is 76.3 Å². The number of benzene rings is 1. The molecule has 0 radical (unpaired) electrons. The molecule has 4 aliphatic heterocycles. The first-order chi connectivity index (χ1) is 39.9. The van der Waals surface area contributed by atoms with E-state index in [0.29, 0.717) is 23.3 Å². The molecule has 4 fully saturated rings. The number of aromatic nitrogens is 1. The monoisotopic (exact) mass is 1250 g/mol. The van der Waals surface area contributed by atoms with E-state index in [1.165, 1.54) is 71.2 Å². The number of Topliss-reactive ketones (excluding diaryl/α,β-unsaturated/α-hetero) is 2. The Morgan fingerprint density at radius 2 is 1.44 bits per heavy atom. The van der Waals surface area contributed by atoms with Crippen LogP contribution >= 0.6 is 35.0 Å². The summed E-state index contributed by atoms with van der Waals surface area (Å²) in [4.78, 5) is 103. The predicted molar refractivity (Wildman–Crippen MR) is 313 cm³/mol. The number of nitrogens with zero attached hydrogens (tertiary/aromatic N) is 2. The van der Waals surface area contributed by atoms with Gasteiger partial charge in [-0.3, -0.25) is 38.5 Å². The first-order valence-electron chi connectivity index (χ1n) is 28.9. The molecule has 1 unspecified atom stereocenters. The standard InChI is InChI=1S/C61H86Cl2N2O19S/c1-18-47-61(13)49(53(57(72)84-61)85-22-21-76-46-24-39(19-20-45(46)73-15)44(69)25-40-41(62)28-64-29-42(40)63)32(4)50(70)30(2)26-59(11,74-16)54(83-58-52(79-37(9)67)43(23-31(3)77-58)65(14)36(8)66)33(5)51(34(6)56(71)81-47)82-48-27-60(12,75-17)55(35(7)78-48)80-38(10)68/h19-20,24,28-35,43,47-49,51-55,58H,18,21-23,25-27H2,1-17H3/t30-,31-,32-,33+,34-,35+,43+,47-,48+,49+,51+,52-,53?,54-,55+,58+,59-,60-,61-/m1/s1. The van der Waals surface area contributed by atoms with E-state index in [1.807, 2.05) is 6.92 Å². The van der Waals surface area contributed by atoms with E-state index in [9.17, 15) is 24.0 Å². The summed E-state index contributed by atoms with van der Waals surface area (Å²) < 4.78 is 76.3. The smallest absolute Gasteiger partial charge is 0.320 e. The fourth-order valence-corrected chi connectivity index (χ4v) is 14.7. The second kappa shape index (κ2) is 29.1. The van der Waals surface area contributed by atoms with Crippen LogP contribution in [0.2, 0.25) is 10.0 Å². The molecule has 21 nitrogen and oxygen atoms in total. The van der Waals surface area contributed by atoms with Crippen molar-refractivity contribution in [2.75, 3.05) is 40.7 Å². The summed E-state index contributed by atoms with van der Waals surface area (Å²) in [5.41, 5.74) is -3.40. The highest BCUT2D eigenvalue weighted by atomic mass is 35.5. The Bertz CT molecular complexity index is 2720. The van der Waals surface area contributed by atoms with E-state index in [0.717, 1.165) is 0 Å². The number of carbonyl (C=O) groups is 7. The normalized spacial score (nSPS) is 35.5. The molecule has 0 bridgehead atoms. The molecule has 85 heavy (non-hydrogen) atoms. The summed E-state index contributed by atoms with van der Waals surface area (Å²) in [6, 6.07) is 4.07. The molecule has 24 heteroatoms. The maximum absolute atomic E-state index is 15.4. The highest BCUT2D eigenvalue weighted by Crippen LogP contribution is 2.50. The van der Waals surface area contributed by atoms with Gasteiger partial charge in [0.2, 0.25) is 5.91 Å². The molecular weight excluding hydrogens is 1170 g/mol. The van der Waals surface area contributed by atoms with Gasteiger partial charge in [0.1, 0.15) is 22.7 Å². The van der Waals surface area contributed by atoms with E-state index in [4.69, 9.17) is 80.0 Å². The zero-order chi connectivity index (χ0) is 63.2. The molecule has 0 aliphatic carbocycles. The van der Waals surface area contributed by atoms with Gasteiger partial charge in [0.05, 0.1) is 65.7 Å². The van der Waals surface area contributed by atoms with Crippen LogP contribution in [0.3, 0.4) is 0 Å². The third kappa shape index (κ3) is 15.6. The lowest BCUT2D eigenvalue weighted by Gasteiger charge is -2.50. The Balaban J connectivity index is 1.39. The Morgan fingerprint density at radius 3 is 2.02 bits per heavy atom. The lowest BCUT2D eigenvalue weighted by atomic mass is 9.70. The van der Waals surface area contributed by atoms with Crippen molar-refractivity contribution in [3.05, 3.63) is 51.8 Å². The van der Waals surface area contributed by atoms with E-state index in [1.54, 1.807) is 87.6 Å². The van der Waals surface area contributed by atoms with Crippen molar-refractivity contribution in [3.8, 4) is 11.5 Å². The number of fused-ring (bicyclic) bond motifs is 1. The topological polar surface area (TPSA) is 246 Å². The first-order valence-corrected chi connectivity index (χ1v) is 30.7. The third-order valence-electron chi connectivity index (χ3n) is 17.5. The van der Waals surface area contributed by atoms with Gasteiger partial charge in [0.15, 0.2) is 47.7 Å². The minimum Gasteiger partial charge on any atom is -0.493 e. The molecule has 6 rings (SSSR count). The number of likely N-dealkylation sites (N-methyl/N-ethyl adjacent to an activating group) is 1. The fourth-order valence-electron chi connectivity index (χ4n) is 12.9. The number of hydrogen-bond acceptors (Lipinski definition) is 21. The van der Waals surface area contributed by atoms with Crippen LogP contribution in [0.1, 0.15) is 132 Å². The number of hydrogen-bond donors (Lipinski definition) is 0. The lowest BCUT2D eigenvalue weighted by Crippen LogP contribution is -2.62. The number of esters is 4. The molecule has 0 saturated carbocycles. The summed E-state index contributed by atoms with van der Waals surface area (Å²) in [6.45, 7) is 21.5. The number of rotatable bonds is 19. The number of ketones is 2. The minimum atomic E-state index is -1.55. The Labute approximate surface area is 513 Å². The van der Waals surface area contributed by atoms with Gasteiger partial charge in [-0.15, -0.1) is 11.8 Å². The molecular formula is C61H86Cl2N2O19S. The zero-order valence-corrected chi connectivity index (χ0v) is 54.2. The molecule has 4 aliphatic rings. The summed E-state index contributed by atoms with van der Waals surface area (Å²) in [6.07, 6.45) is -5.96. The van der Waals surface area contributed by atoms with Crippen molar-refractivity contribution in [3.63, 3.8) is 0 Å². The first kappa shape index (κ1) is 69.5. The number of amides is 1. The van der Waals surface area contributed by atoms with Crippen molar-refractivity contribution < 1.29 is 90.4 Å². The molecule has 1 aromatic heterocycles. The predicted octanol–water partition coefficient (Wildman–Crippen LogP) is 8.63. The fraction of sp³-hybridized carbons (Fsp3) is 0.705. The van der Waals surface area contributed by atoms with E-state index in [2.05, 4.69) is 4.98 Å². The molecule has 474 valence electrons. The number of carbonyl (C=O) groups excluding carboxylic acids is 7. The number of cyclic esters (lactones) is 1. The average Bonchev–Trinajstić information content (AvgIpc) is 1.97. The van der Waals surface area contributed by atoms with E-state index >= 15 is 9.59 Å². The Morgan fingerprint density at radius 1 is 0.800 bits per heavy atom. The van der Waals surface area contributed by atoms with Gasteiger partial charge in [-0.1, -0.05) is 50.9 Å². The van der Waals surface area contributed by atoms with Gasteiger partial charge >= 0.3 is 23.9 Å². The van der Waals surface area contributed by atoms with Crippen LogP contribution < -0.4 is 9.47 Å². The van der Waals surface area contributed by atoms with E-state index < -0.39 is 137 Å². The maximum atomic E-state index is 15.4. The van der Waals surface area contributed by atoms with Gasteiger partial charge in [0.25, 0.3) is 0 Å². The number of methoxy groups -OCH3 is 3. The molecule has 1 aromatic carbocycles. The van der Waals surface area contributed by atoms with Gasteiger partial charge in [0, 0.05) is 108 Å². The van der Waals surface area contributed by atoms with Crippen LogP contribution in [0, 0.1) is 29.6 Å². The molecule has 1 amide bonds. The van der Waals surface area contributed by atoms with Gasteiger partial charge in [-0.25, -0.2) is 0 Å². The van der Waals surface area contributed by atoms with Crippen LogP contribution in [0.15, 0.2) is 30.6 Å². The highest BCUT2D eigenvalue weighted by Gasteiger charge is 2.62.